The van der Waals surface area contributed by atoms with Crippen LogP contribution in [-0.4, -0.2) is 25.6 Å². The molecule has 1 N–H and O–H groups in total. The summed E-state index contributed by atoms with van der Waals surface area (Å²) < 4.78 is 11.0. The van der Waals surface area contributed by atoms with Gasteiger partial charge in [-0.15, -0.1) is 0 Å². The van der Waals surface area contributed by atoms with E-state index in [1.54, 1.807) is 12.0 Å². The quantitative estimate of drug-likeness (QED) is 0.936. The second-order valence-corrected chi connectivity index (χ2v) is 5.43. The van der Waals surface area contributed by atoms with Crippen LogP contribution in [0.5, 0.6) is 17.2 Å². The van der Waals surface area contributed by atoms with Crippen LogP contribution in [-0.2, 0) is 4.79 Å². The highest BCUT2D eigenvalue weighted by Gasteiger charge is 2.26. The van der Waals surface area contributed by atoms with Crippen molar-refractivity contribution in [3.63, 3.8) is 0 Å². The Balaban J connectivity index is 1.85. The molecule has 0 aromatic heterocycles. The third kappa shape index (κ3) is 3.17. The van der Waals surface area contributed by atoms with Crippen LogP contribution in [0.3, 0.4) is 0 Å². The summed E-state index contributed by atoms with van der Waals surface area (Å²) in [5, 5.41) is 2.33. The zero-order valence-electron chi connectivity index (χ0n) is 13.5. The van der Waals surface area contributed by atoms with Crippen LogP contribution in [0.15, 0.2) is 42.5 Å². The Morgan fingerprint density at radius 3 is 2.42 bits per heavy atom. The molecule has 0 saturated carbocycles. The standard InChI is InChI=1S/C18H18N2O4/c1-12-15(20-11-10-17(21)19-18(20)22)4-3-5-16(12)24-14-8-6-13(23-2)7-9-14/h3-9H,10-11H2,1-2H3,(H,19,21,22). The number of carbonyl (C=O) groups is 2. The van der Waals surface area contributed by atoms with Crippen molar-refractivity contribution in [2.75, 3.05) is 18.6 Å². The van der Waals surface area contributed by atoms with Crippen molar-refractivity contribution in [3.05, 3.63) is 48.0 Å². The van der Waals surface area contributed by atoms with Crippen LogP contribution in [0.4, 0.5) is 10.5 Å². The highest BCUT2D eigenvalue weighted by Crippen LogP contribution is 2.33. The number of urea groups is 1. The maximum atomic E-state index is 12.0. The number of nitrogens with zero attached hydrogens (tertiary/aromatic N) is 1. The lowest BCUT2D eigenvalue weighted by Gasteiger charge is -2.28. The average Bonchev–Trinajstić information content (AvgIpc) is 2.58. The van der Waals surface area contributed by atoms with Gasteiger partial charge in [0.05, 0.1) is 12.8 Å². The summed E-state index contributed by atoms with van der Waals surface area (Å²) in [6, 6.07) is 12.4. The van der Waals surface area contributed by atoms with E-state index < -0.39 is 6.03 Å². The van der Waals surface area contributed by atoms with Gasteiger partial charge in [-0.05, 0) is 43.3 Å². The number of methoxy groups -OCH3 is 1. The number of imide groups is 1. The minimum absolute atomic E-state index is 0.250. The molecule has 0 unspecified atom stereocenters. The fraction of sp³-hybridized carbons (Fsp3) is 0.222. The second kappa shape index (κ2) is 6.62. The molecule has 3 amide bonds. The predicted octanol–water partition coefficient (Wildman–Crippen LogP) is 3.24. The van der Waals surface area contributed by atoms with Gasteiger partial charge in [0.1, 0.15) is 17.2 Å². The van der Waals surface area contributed by atoms with Gasteiger partial charge in [0.25, 0.3) is 0 Å². The zero-order chi connectivity index (χ0) is 17.1. The molecule has 0 atom stereocenters. The molecule has 1 fully saturated rings. The lowest BCUT2D eigenvalue weighted by atomic mass is 10.1. The van der Waals surface area contributed by atoms with E-state index in [-0.39, 0.29) is 12.3 Å². The van der Waals surface area contributed by atoms with Gasteiger partial charge in [0.15, 0.2) is 0 Å². The number of hydrogen-bond donors (Lipinski definition) is 1. The van der Waals surface area contributed by atoms with E-state index in [1.807, 2.05) is 49.4 Å². The van der Waals surface area contributed by atoms with E-state index >= 15 is 0 Å². The van der Waals surface area contributed by atoms with Crippen molar-refractivity contribution >= 4 is 17.6 Å². The number of hydrogen-bond acceptors (Lipinski definition) is 4. The summed E-state index contributed by atoms with van der Waals surface area (Å²) in [6.45, 7) is 2.25. The first kappa shape index (κ1) is 15.9. The average molecular weight is 326 g/mol. The molecule has 3 rings (SSSR count). The summed E-state index contributed by atoms with van der Waals surface area (Å²) in [6.07, 6.45) is 0.286. The van der Waals surface area contributed by atoms with Gasteiger partial charge in [0, 0.05) is 18.5 Å². The topological polar surface area (TPSA) is 67.9 Å². The molecule has 1 aliphatic heterocycles. The summed E-state index contributed by atoms with van der Waals surface area (Å²) in [7, 11) is 1.61. The zero-order valence-corrected chi connectivity index (χ0v) is 13.5. The first-order valence-electron chi connectivity index (χ1n) is 7.61. The largest absolute Gasteiger partial charge is 0.497 e. The maximum Gasteiger partial charge on any atom is 0.328 e. The molecular weight excluding hydrogens is 308 g/mol. The summed E-state index contributed by atoms with van der Waals surface area (Å²) >= 11 is 0. The van der Waals surface area contributed by atoms with E-state index in [0.29, 0.717) is 18.0 Å². The van der Waals surface area contributed by atoms with E-state index in [9.17, 15) is 9.59 Å². The number of ether oxygens (including phenoxy) is 2. The molecule has 2 aromatic rings. The molecule has 6 nitrogen and oxygen atoms in total. The molecule has 0 bridgehead atoms. The number of anilines is 1. The molecule has 124 valence electrons. The van der Waals surface area contributed by atoms with E-state index in [1.165, 1.54) is 0 Å². The van der Waals surface area contributed by atoms with Crippen molar-refractivity contribution in [2.45, 2.75) is 13.3 Å². The van der Waals surface area contributed by atoms with Crippen molar-refractivity contribution in [1.82, 2.24) is 5.32 Å². The molecule has 0 aliphatic carbocycles. The normalized spacial score (nSPS) is 14.3. The molecule has 1 aliphatic rings. The van der Waals surface area contributed by atoms with Gasteiger partial charge in [-0.25, -0.2) is 4.79 Å². The van der Waals surface area contributed by atoms with Gasteiger partial charge in [-0.2, -0.15) is 0 Å². The highest BCUT2D eigenvalue weighted by molar-refractivity contribution is 6.06. The fourth-order valence-corrected chi connectivity index (χ4v) is 2.57. The van der Waals surface area contributed by atoms with Crippen LogP contribution < -0.4 is 19.7 Å². The fourth-order valence-electron chi connectivity index (χ4n) is 2.57. The smallest absolute Gasteiger partial charge is 0.328 e. The predicted molar refractivity (Wildman–Crippen MR) is 89.7 cm³/mol. The van der Waals surface area contributed by atoms with Crippen LogP contribution in [0.1, 0.15) is 12.0 Å². The molecule has 1 saturated heterocycles. The van der Waals surface area contributed by atoms with Gasteiger partial charge < -0.3 is 9.47 Å². The Bertz CT molecular complexity index is 771. The second-order valence-electron chi connectivity index (χ2n) is 5.43. The Kier molecular flexibility index (Phi) is 4.37. The Labute approximate surface area is 140 Å². The third-order valence-electron chi connectivity index (χ3n) is 3.89. The first-order valence-corrected chi connectivity index (χ1v) is 7.61. The molecule has 6 heteroatoms. The number of rotatable bonds is 4. The van der Waals surface area contributed by atoms with Gasteiger partial charge in [0.2, 0.25) is 5.91 Å². The lowest BCUT2D eigenvalue weighted by molar-refractivity contribution is -0.120. The van der Waals surface area contributed by atoms with Crippen molar-refractivity contribution in [2.24, 2.45) is 0 Å². The molecule has 0 spiro atoms. The Morgan fingerprint density at radius 2 is 1.75 bits per heavy atom. The molecule has 1 heterocycles. The van der Waals surface area contributed by atoms with E-state index in [4.69, 9.17) is 9.47 Å². The summed E-state index contributed by atoms with van der Waals surface area (Å²) in [5.74, 6) is 1.83. The maximum absolute atomic E-state index is 12.0. The van der Waals surface area contributed by atoms with Gasteiger partial charge in [-0.3, -0.25) is 15.0 Å². The summed E-state index contributed by atoms with van der Waals surface area (Å²) in [4.78, 5) is 24.9. The van der Waals surface area contributed by atoms with Crippen molar-refractivity contribution < 1.29 is 19.1 Å². The number of benzene rings is 2. The summed E-state index contributed by atoms with van der Waals surface area (Å²) in [5.41, 5.74) is 1.56. The van der Waals surface area contributed by atoms with Crippen molar-refractivity contribution in [3.8, 4) is 17.2 Å². The van der Waals surface area contributed by atoms with Crippen LogP contribution in [0, 0.1) is 6.92 Å². The number of nitrogens with one attached hydrogen (secondary N) is 1. The SMILES string of the molecule is COc1ccc(Oc2cccc(N3CCC(=O)NC3=O)c2C)cc1. The third-order valence-corrected chi connectivity index (χ3v) is 3.89. The van der Waals surface area contributed by atoms with Crippen LogP contribution in [0.2, 0.25) is 0 Å². The van der Waals surface area contributed by atoms with E-state index in [0.717, 1.165) is 17.0 Å². The number of carbonyl (C=O) groups excluding carboxylic acids is 2. The Morgan fingerprint density at radius 1 is 1.04 bits per heavy atom. The van der Waals surface area contributed by atoms with E-state index in [2.05, 4.69) is 5.32 Å². The van der Waals surface area contributed by atoms with Crippen molar-refractivity contribution in [1.29, 1.82) is 0 Å². The first-order chi connectivity index (χ1) is 11.6. The highest BCUT2D eigenvalue weighted by atomic mass is 16.5. The Hall–Kier alpha value is -3.02. The molecule has 2 aromatic carbocycles. The molecule has 0 radical (unpaired) electrons. The number of amides is 3. The van der Waals surface area contributed by atoms with Crippen LogP contribution in [0.25, 0.3) is 0 Å². The minimum atomic E-state index is -0.407. The van der Waals surface area contributed by atoms with Crippen LogP contribution >= 0.6 is 0 Å². The molecular formula is C18H18N2O4. The van der Waals surface area contributed by atoms with Gasteiger partial charge in [-0.1, -0.05) is 6.07 Å². The monoisotopic (exact) mass is 326 g/mol. The molecule has 24 heavy (non-hydrogen) atoms. The lowest BCUT2D eigenvalue weighted by Crippen LogP contribution is -2.49. The van der Waals surface area contributed by atoms with Gasteiger partial charge >= 0.3 is 6.03 Å². The minimum Gasteiger partial charge on any atom is -0.497 e.